The first kappa shape index (κ1) is 11.9. The first-order chi connectivity index (χ1) is 11.7. The first-order valence-electron chi connectivity index (χ1n) is 10.7. The lowest BCUT2D eigenvalue weighted by Crippen LogP contribution is -2.88. The summed E-state index contributed by atoms with van der Waals surface area (Å²) in [6.45, 7) is 0. The molecule has 13 aliphatic carbocycles. The molecule has 2 heteroatoms. The van der Waals surface area contributed by atoms with Gasteiger partial charge in [-0.15, -0.1) is 0 Å². The molecule has 14 atom stereocenters. The van der Waals surface area contributed by atoms with Crippen molar-refractivity contribution in [1.29, 1.82) is 0 Å². The third-order valence-corrected chi connectivity index (χ3v) is 12.2. The largest absolute Gasteiger partial charge is 0.299 e. The highest BCUT2D eigenvalue weighted by Gasteiger charge is 2.89. The van der Waals surface area contributed by atoms with Crippen molar-refractivity contribution in [3.05, 3.63) is 0 Å². The van der Waals surface area contributed by atoms with Crippen LogP contribution in [0.1, 0.15) is 38.5 Å². The fourth-order valence-corrected chi connectivity index (χ4v) is 12.8. The van der Waals surface area contributed by atoms with Gasteiger partial charge in [0.2, 0.25) is 0 Å². The molecule has 0 heterocycles. The molecule has 0 aromatic heterocycles. The van der Waals surface area contributed by atoms with Crippen LogP contribution in [0.3, 0.4) is 0 Å². The number of carbonyl (C=O) groups is 2. The second-order valence-electron chi connectivity index (χ2n) is 11.7. The molecule has 0 saturated heterocycles. The third kappa shape index (κ3) is 0.752. The number of hydrogen-bond acceptors (Lipinski definition) is 2. The fraction of sp³-hybridized carbons (Fsp3) is 0.909. The monoisotopic (exact) mass is 320 g/mol. The highest BCUT2D eigenvalue weighted by Crippen LogP contribution is 2.91. The Labute approximate surface area is 142 Å². The van der Waals surface area contributed by atoms with Crippen molar-refractivity contribution in [2.24, 2.45) is 81.8 Å². The van der Waals surface area contributed by atoms with E-state index in [9.17, 15) is 9.59 Å². The summed E-state index contributed by atoms with van der Waals surface area (Å²) in [6, 6.07) is 0. The molecule has 0 radical (unpaired) electrons. The minimum atomic E-state index is 0.0916. The fourth-order valence-electron chi connectivity index (χ4n) is 12.8. The molecular formula is C22H24O2. The van der Waals surface area contributed by atoms with E-state index in [4.69, 9.17) is 0 Å². The molecule has 2 nitrogen and oxygen atoms in total. The number of rotatable bonds is 0. The minimum absolute atomic E-state index is 0.0916. The molecule has 0 amide bonds. The van der Waals surface area contributed by atoms with Crippen molar-refractivity contribution in [1.82, 2.24) is 0 Å². The van der Waals surface area contributed by atoms with Crippen molar-refractivity contribution >= 4 is 11.6 Å². The normalized spacial score (nSPS) is 79.2. The van der Waals surface area contributed by atoms with Crippen LogP contribution in [0.15, 0.2) is 0 Å². The molecule has 0 N–H and O–H groups in total. The van der Waals surface area contributed by atoms with E-state index in [0.29, 0.717) is 46.7 Å². The Morgan fingerprint density at radius 2 is 1.38 bits per heavy atom. The summed E-state index contributed by atoms with van der Waals surface area (Å²) in [5, 5.41) is 0. The Bertz CT molecular complexity index is 798. The Morgan fingerprint density at radius 3 is 2.21 bits per heavy atom. The molecule has 124 valence electrons. The average Bonchev–Trinajstić information content (AvgIpc) is 2.58. The summed E-state index contributed by atoms with van der Waals surface area (Å²) >= 11 is 0. The molecule has 0 aromatic rings. The Hall–Kier alpha value is -0.660. The molecule has 13 aliphatic rings. The summed E-state index contributed by atoms with van der Waals surface area (Å²) < 4.78 is 0. The van der Waals surface area contributed by atoms with Crippen LogP contribution in [0.4, 0.5) is 0 Å². The summed E-state index contributed by atoms with van der Waals surface area (Å²) in [6.07, 6.45) is 7.58. The highest BCUT2D eigenvalue weighted by atomic mass is 16.1. The van der Waals surface area contributed by atoms with Crippen LogP contribution in [-0.2, 0) is 9.59 Å². The standard InChI is InChI=1S/C22H24O2/c23-19-8-3-11-13-6-22-16-9-1-7(20(22)24)2-10-12(9)5-21(4-8,15(11)16)18(14(13)19)17(10)22/h7-18H,1-6H2/t7-,8-,9+,10-,11-,12-,13+,14+,15+,16-,17+,18-,21+,22+/m0/s1. The van der Waals surface area contributed by atoms with E-state index >= 15 is 0 Å². The van der Waals surface area contributed by atoms with Crippen LogP contribution in [0.25, 0.3) is 0 Å². The number of carbonyl (C=O) groups excluding carboxylic acids is 2. The van der Waals surface area contributed by atoms with E-state index < -0.39 is 0 Å². The van der Waals surface area contributed by atoms with E-state index in [2.05, 4.69) is 0 Å². The molecule has 13 fully saturated rings. The zero-order valence-electron chi connectivity index (χ0n) is 14.0. The quantitative estimate of drug-likeness (QED) is 0.688. The predicted octanol–water partition coefficient (Wildman–Crippen LogP) is 2.95. The van der Waals surface area contributed by atoms with Gasteiger partial charge in [-0.25, -0.2) is 0 Å². The van der Waals surface area contributed by atoms with Gasteiger partial charge in [-0.1, -0.05) is 0 Å². The van der Waals surface area contributed by atoms with Gasteiger partial charge in [-0.05, 0) is 97.2 Å². The van der Waals surface area contributed by atoms with Crippen molar-refractivity contribution in [2.75, 3.05) is 0 Å². The third-order valence-electron chi connectivity index (χ3n) is 12.2. The maximum Gasteiger partial charge on any atom is 0.142 e. The molecule has 2 spiro atoms. The highest BCUT2D eigenvalue weighted by molar-refractivity contribution is 5.93. The van der Waals surface area contributed by atoms with E-state index in [-0.39, 0.29) is 5.41 Å². The van der Waals surface area contributed by atoms with Crippen LogP contribution in [0.2, 0.25) is 0 Å². The summed E-state index contributed by atoms with van der Waals surface area (Å²) in [4.78, 5) is 26.9. The van der Waals surface area contributed by atoms with Gasteiger partial charge in [-0.3, -0.25) is 9.59 Å². The maximum absolute atomic E-state index is 13.6. The Morgan fingerprint density at radius 1 is 0.667 bits per heavy atom. The molecule has 0 aliphatic heterocycles. The molecule has 0 aromatic carbocycles. The van der Waals surface area contributed by atoms with E-state index in [1.165, 1.54) is 32.1 Å². The number of hydrogen-bond donors (Lipinski definition) is 0. The first-order valence-corrected chi connectivity index (χ1v) is 10.7. The van der Waals surface area contributed by atoms with Crippen molar-refractivity contribution in [3.8, 4) is 0 Å². The van der Waals surface area contributed by atoms with Crippen LogP contribution in [0, 0.1) is 81.8 Å². The van der Waals surface area contributed by atoms with Crippen molar-refractivity contribution in [3.63, 3.8) is 0 Å². The topological polar surface area (TPSA) is 34.1 Å². The summed E-state index contributed by atoms with van der Waals surface area (Å²) in [5.74, 6) is 9.77. The number of Topliss-reactive ketones (excluding diaryl/α,β-unsaturated/α-hetero) is 2. The van der Waals surface area contributed by atoms with Crippen molar-refractivity contribution in [2.45, 2.75) is 38.5 Å². The molecule has 13 saturated carbocycles. The molecule has 24 heavy (non-hydrogen) atoms. The van der Waals surface area contributed by atoms with Gasteiger partial charge in [0, 0.05) is 23.2 Å². The predicted molar refractivity (Wildman–Crippen MR) is 84.5 cm³/mol. The molecule has 0 unspecified atom stereocenters. The molecule has 14 bridgehead atoms. The van der Waals surface area contributed by atoms with Gasteiger partial charge in [0.1, 0.15) is 11.6 Å². The van der Waals surface area contributed by atoms with Crippen LogP contribution >= 0.6 is 0 Å². The van der Waals surface area contributed by atoms with Gasteiger partial charge in [-0.2, -0.15) is 0 Å². The van der Waals surface area contributed by atoms with Crippen LogP contribution < -0.4 is 0 Å². The molecule has 13 rings (SSSR count). The van der Waals surface area contributed by atoms with Crippen LogP contribution in [0.5, 0.6) is 0 Å². The van der Waals surface area contributed by atoms with Gasteiger partial charge in [0.25, 0.3) is 0 Å². The lowest BCUT2D eigenvalue weighted by molar-refractivity contribution is -0.400. The zero-order valence-corrected chi connectivity index (χ0v) is 14.0. The zero-order chi connectivity index (χ0) is 15.3. The van der Waals surface area contributed by atoms with Crippen LogP contribution in [-0.4, -0.2) is 11.6 Å². The SMILES string of the molecule is O=C1[C@H]2C[C@H]3[C@H]4C[C@@]56C(=O)[C@H]7C[C@@H]8[C@@H]9C[C@](C2)([C@H]3[C@H]85)[C@@H]([C@H]14)[C@H]6[C@H]9C7. The molecular weight excluding hydrogens is 296 g/mol. The smallest absolute Gasteiger partial charge is 0.142 e. The lowest BCUT2D eigenvalue weighted by atomic mass is 9.13. The van der Waals surface area contributed by atoms with Gasteiger partial charge < -0.3 is 0 Å². The number of ketones is 2. The Kier molecular flexibility index (Phi) is 1.43. The van der Waals surface area contributed by atoms with E-state index in [1.54, 1.807) is 0 Å². The van der Waals surface area contributed by atoms with Gasteiger partial charge >= 0.3 is 0 Å². The second-order valence-corrected chi connectivity index (χ2v) is 11.7. The van der Waals surface area contributed by atoms with E-state index in [1.807, 2.05) is 0 Å². The lowest BCUT2D eigenvalue weighted by Gasteiger charge is -2.90. The summed E-state index contributed by atoms with van der Waals surface area (Å²) in [5.41, 5.74) is 0.623. The van der Waals surface area contributed by atoms with Gasteiger partial charge in [0.05, 0.1) is 0 Å². The Balaban J connectivity index is 1.43. The summed E-state index contributed by atoms with van der Waals surface area (Å²) in [7, 11) is 0. The maximum atomic E-state index is 13.6. The second kappa shape index (κ2) is 2.89. The van der Waals surface area contributed by atoms with Crippen molar-refractivity contribution < 1.29 is 9.59 Å². The van der Waals surface area contributed by atoms with E-state index in [0.717, 1.165) is 47.7 Å². The average molecular weight is 320 g/mol. The minimum Gasteiger partial charge on any atom is -0.299 e. The van der Waals surface area contributed by atoms with Gasteiger partial charge in [0.15, 0.2) is 0 Å².